The minimum atomic E-state index is -0.466. The zero-order valence-corrected chi connectivity index (χ0v) is 7.09. The maximum atomic E-state index is 11.1. The summed E-state index contributed by atoms with van der Waals surface area (Å²) >= 11 is 0. The molecule has 0 amide bonds. The molecule has 0 aliphatic heterocycles. The predicted octanol–water partition coefficient (Wildman–Crippen LogP) is 1.35. The lowest BCUT2D eigenvalue weighted by molar-refractivity contribution is 0.0490. The van der Waals surface area contributed by atoms with Crippen molar-refractivity contribution in [1.29, 1.82) is 0 Å². The number of anilines is 1. The first-order valence-corrected chi connectivity index (χ1v) is 3.68. The quantitative estimate of drug-likeness (QED) is 0.678. The van der Waals surface area contributed by atoms with Gasteiger partial charge < -0.3 is 14.9 Å². The van der Waals surface area contributed by atoms with Crippen LogP contribution in [0.4, 0.5) is 5.88 Å². The number of nitrogen functional groups attached to an aromatic ring is 1. The van der Waals surface area contributed by atoms with Crippen LogP contribution in [0.5, 0.6) is 0 Å². The predicted molar refractivity (Wildman–Crippen MR) is 43.8 cm³/mol. The van der Waals surface area contributed by atoms with Gasteiger partial charge in [-0.3, -0.25) is 0 Å². The Labute approximate surface area is 70.3 Å². The Bertz CT molecular complexity index is 290. The van der Waals surface area contributed by atoms with E-state index in [1.807, 2.05) is 0 Å². The average Bonchev–Trinajstić information content (AvgIpc) is 2.30. The maximum Gasteiger partial charge on any atom is 0.374 e. The van der Waals surface area contributed by atoms with Crippen LogP contribution < -0.4 is 5.73 Å². The zero-order valence-electron chi connectivity index (χ0n) is 7.09. The summed E-state index contributed by atoms with van der Waals surface area (Å²) in [5.74, 6) is -0.0448. The highest BCUT2D eigenvalue weighted by Crippen LogP contribution is 2.16. The van der Waals surface area contributed by atoms with Gasteiger partial charge in [0.05, 0.1) is 6.61 Å². The van der Waals surface area contributed by atoms with Crippen molar-refractivity contribution >= 4 is 11.9 Å². The molecule has 4 nitrogen and oxygen atoms in total. The summed E-state index contributed by atoms with van der Waals surface area (Å²) in [4.78, 5) is 11.1. The van der Waals surface area contributed by atoms with Crippen LogP contribution in [0.2, 0.25) is 0 Å². The van der Waals surface area contributed by atoms with Gasteiger partial charge >= 0.3 is 5.97 Å². The molecule has 1 aromatic rings. The van der Waals surface area contributed by atoms with Crippen molar-refractivity contribution in [2.45, 2.75) is 13.8 Å². The molecule has 1 rings (SSSR count). The molecule has 12 heavy (non-hydrogen) atoms. The standard InChI is InChI=1S/C8H11NO3/c1-3-11-8(10)7-5(2)4-6(9)12-7/h4H,3,9H2,1-2H3. The fourth-order valence-corrected chi connectivity index (χ4v) is 0.906. The number of carbonyl (C=O) groups is 1. The van der Waals surface area contributed by atoms with E-state index in [0.717, 1.165) is 0 Å². The van der Waals surface area contributed by atoms with Gasteiger partial charge in [-0.05, 0) is 13.8 Å². The molecule has 0 spiro atoms. The normalized spacial score (nSPS) is 9.83. The molecule has 0 saturated heterocycles. The summed E-state index contributed by atoms with van der Waals surface area (Å²) in [7, 11) is 0. The number of carbonyl (C=O) groups excluding carboxylic acids is 1. The number of aryl methyl sites for hydroxylation is 1. The molecular weight excluding hydrogens is 158 g/mol. The Morgan fingerprint density at radius 3 is 2.83 bits per heavy atom. The molecule has 0 atom stereocenters. The molecule has 1 heterocycles. The summed E-state index contributed by atoms with van der Waals surface area (Å²) in [5, 5.41) is 0. The Hall–Kier alpha value is -1.45. The van der Waals surface area contributed by atoms with Crippen molar-refractivity contribution < 1.29 is 13.9 Å². The molecule has 0 aromatic carbocycles. The minimum absolute atomic E-state index is 0.189. The maximum absolute atomic E-state index is 11.1. The lowest BCUT2D eigenvalue weighted by atomic mass is 10.3. The van der Waals surface area contributed by atoms with Crippen molar-refractivity contribution in [3.63, 3.8) is 0 Å². The second kappa shape index (κ2) is 3.30. The minimum Gasteiger partial charge on any atom is -0.460 e. The molecule has 0 aliphatic carbocycles. The van der Waals surface area contributed by atoms with E-state index >= 15 is 0 Å². The summed E-state index contributed by atoms with van der Waals surface area (Å²) in [5.41, 5.74) is 6.04. The van der Waals surface area contributed by atoms with Gasteiger partial charge in [0.1, 0.15) is 0 Å². The van der Waals surface area contributed by atoms with E-state index in [-0.39, 0.29) is 11.6 Å². The monoisotopic (exact) mass is 169 g/mol. The van der Waals surface area contributed by atoms with Gasteiger partial charge in [0.2, 0.25) is 5.76 Å². The van der Waals surface area contributed by atoms with Crippen LogP contribution in [0.1, 0.15) is 23.0 Å². The number of hydrogen-bond donors (Lipinski definition) is 1. The van der Waals surface area contributed by atoms with Crippen LogP contribution in [0.15, 0.2) is 10.5 Å². The van der Waals surface area contributed by atoms with Crippen LogP contribution in [0.25, 0.3) is 0 Å². The Kier molecular flexibility index (Phi) is 2.38. The third kappa shape index (κ3) is 1.58. The number of furan rings is 1. The number of nitrogens with two attached hydrogens (primary N) is 1. The second-order valence-corrected chi connectivity index (χ2v) is 2.38. The Morgan fingerprint density at radius 2 is 2.42 bits per heavy atom. The fourth-order valence-electron chi connectivity index (χ4n) is 0.906. The van der Waals surface area contributed by atoms with E-state index in [9.17, 15) is 4.79 Å². The highest BCUT2D eigenvalue weighted by atomic mass is 16.5. The molecule has 66 valence electrons. The van der Waals surface area contributed by atoms with Crippen LogP contribution in [-0.4, -0.2) is 12.6 Å². The highest BCUT2D eigenvalue weighted by molar-refractivity contribution is 5.88. The number of esters is 1. The van der Waals surface area contributed by atoms with Gasteiger partial charge in [0, 0.05) is 11.6 Å². The van der Waals surface area contributed by atoms with E-state index in [1.165, 1.54) is 0 Å². The molecule has 0 radical (unpaired) electrons. The third-order valence-corrected chi connectivity index (χ3v) is 1.40. The first-order chi connectivity index (χ1) is 5.65. The van der Waals surface area contributed by atoms with Crippen LogP contribution in [-0.2, 0) is 4.74 Å². The summed E-state index contributed by atoms with van der Waals surface area (Å²) in [6, 6.07) is 1.59. The van der Waals surface area contributed by atoms with Gasteiger partial charge in [0.15, 0.2) is 5.88 Å². The van der Waals surface area contributed by atoms with Crippen LogP contribution in [0, 0.1) is 6.92 Å². The summed E-state index contributed by atoms with van der Waals surface area (Å²) in [6.07, 6.45) is 0. The van der Waals surface area contributed by atoms with Gasteiger partial charge in [-0.15, -0.1) is 0 Å². The van der Waals surface area contributed by atoms with Crippen molar-refractivity contribution in [3.8, 4) is 0 Å². The molecule has 0 bridgehead atoms. The molecule has 0 saturated carbocycles. The number of ether oxygens (including phenoxy) is 1. The topological polar surface area (TPSA) is 65.5 Å². The molecule has 0 unspecified atom stereocenters. The molecule has 0 aliphatic rings. The Morgan fingerprint density at radius 1 is 1.75 bits per heavy atom. The lowest BCUT2D eigenvalue weighted by Gasteiger charge is -1.97. The van der Waals surface area contributed by atoms with E-state index in [2.05, 4.69) is 0 Å². The first kappa shape index (κ1) is 8.64. The fraction of sp³-hybridized carbons (Fsp3) is 0.375. The van der Waals surface area contributed by atoms with Crippen molar-refractivity contribution in [3.05, 3.63) is 17.4 Å². The van der Waals surface area contributed by atoms with Crippen LogP contribution >= 0.6 is 0 Å². The van der Waals surface area contributed by atoms with E-state index in [0.29, 0.717) is 12.2 Å². The van der Waals surface area contributed by atoms with Gasteiger partial charge in [-0.1, -0.05) is 0 Å². The first-order valence-electron chi connectivity index (χ1n) is 3.68. The number of rotatable bonds is 2. The van der Waals surface area contributed by atoms with Crippen molar-refractivity contribution in [1.82, 2.24) is 0 Å². The Balaban J connectivity index is 2.87. The number of hydrogen-bond acceptors (Lipinski definition) is 4. The summed E-state index contributed by atoms with van der Waals surface area (Å²) < 4.78 is 9.67. The molecule has 4 heteroatoms. The zero-order chi connectivity index (χ0) is 9.14. The van der Waals surface area contributed by atoms with E-state index < -0.39 is 5.97 Å². The lowest BCUT2D eigenvalue weighted by Crippen LogP contribution is -2.04. The van der Waals surface area contributed by atoms with Crippen molar-refractivity contribution in [2.75, 3.05) is 12.3 Å². The smallest absolute Gasteiger partial charge is 0.374 e. The largest absolute Gasteiger partial charge is 0.460 e. The average molecular weight is 169 g/mol. The van der Waals surface area contributed by atoms with E-state index in [4.69, 9.17) is 14.9 Å². The highest BCUT2D eigenvalue weighted by Gasteiger charge is 2.15. The molecular formula is C8H11NO3. The van der Waals surface area contributed by atoms with Gasteiger partial charge in [0.25, 0.3) is 0 Å². The molecule has 2 N–H and O–H groups in total. The molecule has 1 aromatic heterocycles. The molecule has 0 fully saturated rings. The van der Waals surface area contributed by atoms with Gasteiger partial charge in [-0.2, -0.15) is 0 Å². The van der Waals surface area contributed by atoms with Gasteiger partial charge in [-0.25, -0.2) is 4.79 Å². The summed E-state index contributed by atoms with van der Waals surface area (Å²) in [6.45, 7) is 3.81. The van der Waals surface area contributed by atoms with E-state index in [1.54, 1.807) is 19.9 Å². The second-order valence-electron chi connectivity index (χ2n) is 2.38. The van der Waals surface area contributed by atoms with Crippen molar-refractivity contribution in [2.24, 2.45) is 0 Å². The SMILES string of the molecule is CCOC(=O)c1oc(N)cc1C. The third-order valence-electron chi connectivity index (χ3n) is 1.40. The van der Waals surface area contributed by atoms with Crippen LogP contribution in [0.3, 0.4) is 0 Å².